The third-order valence-electron chi connectivity index (χ3n) is 5.05. The first-order chi connectivity index (χ1) is 15.0. The highest BCUT2D eigenvalue weighted by Gasteiger charge is 2.25. The van der Waals surface area contributed by atoms with Crippen molar-refractivity contribution in [2.75, 3.05) is 31.2 Å². The van der Waals surface area contributed by atoms with Crippen molar-refractivity contribution >= 4 is 34.4 Å². The van der Waals surface area contributed by atoms with Crippen molar-refractivity contribution in [1.29, 1.82) is 0 Å². The second kappa shape index (κ2) is 9.16. The lowest BCUT2D eigenvalue weighted by atomic mass is 10.1. The van der Waals surface area contributed by atoms with Crippen LogP contribution in [0.25, 0.3) is 11.2 Å². The van der Waals surface area contributed by atoms with Crippen molar-refractivity contribution in [3.8, 4) is 0 Å². The highest BCUT2D eigenvalue weighted by Crippen LogP contribution is 2.30. The number of aryl methyl sites for hydroxylation is 2. The summed E-state index contributed by atoms with van der Waals surface area (Å²) in [6, 6.07) is 5.28. The van der Waals surface area contributed by atoms with Crippen molar-refractivity contribution in [2.45, 2.75) is 31.0 Å². The Morgan fingerprint density at radius 2 is 2.23 bits per heavy atom. The average molecular weight is 445 g/mol. The molecule has 0 saturated carbocycles. The van der Waals surface area contributed by atoms with E-state index in [-0.39, 0.29) is 16.9 Å². The van der Waals surface area contributed by atoms with Crippen molar-refractivity contribution < 1.29 is 14.4 Å². The minimum atomic E-state index is -0.354. The van der Waals surface area contributed by atoms with E-state index in [0.29, 0.717) is 42.8 Å². The van der Waals surface area contributed by atoms with Gasteiger partial charge in [-0.3, -0.25) is 10.1 Å². The zero-order valence-electron chi connectivity index (χ0n) is 17.6. The fourth-order valence-electron chi connectivity index (χ4n) is 3.44. The number of thioether (sulfide) groups is 1. The van der Waals surface area contributed by atoms with E-state index in [1.165, 1.54) is 11.8 Å². The van der Waals surface area contributed by atoms with Crippen LogP contribution in [0.1, 0.15) is 18.1 Å². The van der Waals surface area contributed by atoms with Crippen LogP contribution >= 0.6 is 11.8 Å². The zero-order chi connectivity index (χ0) is 22.0. The van der Waals surface area contributed by atoms with Crippen molar-refractivity contribution in [3.63, 3.8) is 0 Å². The van der Waals surface area contributed by atoms with E-state index in [1.54, 1.807) is 25.4 Å². The minimum absolute atomic E-state index is 0.122. The number of hydrogen-bond acceptors (Lipinski definition) is 9. The molecule has 3 heterocycles. The van der Waals surface area contributed by atoms with Gasteiger partial charge in [0, 0.05) is 37.6 Å². The molecule has 0 N–H and O–H groups in total. The number of hydrogen-bond donors (Lipinski definition) is 0. The van der Waals surface area contributed by atoms with Crippen LogP contribution in [0.15, 0.2) is 29.7 Å². The van der Waals surface area contributed by atoms with Crippen LogP contribution in [0, 0.1) is 17.0 Å². The topological polar surface area (TPSA) is 108 Å². The summed E-state index contributed by atoms with van der Waals surface area (Å²) in [5.74, 6) is 1.27. The van der Waals surface area contributed by atoms with Crippen LogP contribution in [-0.4, -0.2) is 57.0 Å². The molecule has 0 amide bonds. The number of aromatic nitrogens is 4. The molecule has 1 aliphatic heterocycles. The van der Waals surface area contributed by atoms with Gasteiger partial charge in [0.15, 0.2) is 28.4 Å². The van der Waals surface area contributed by atoms with Gasteiger partial charge in [-0.2, -0.15) is 0 Å². The van der Waals surface area contributed by atoms with E-state index in [4.69, 9.17) is 14.5 Å². The highest BCUT2D eigenvalue weighted by molar-refractivity contribution is 7.98. The average Bonchev–Trinajstić information content (AvgIpc) is 3.13. The van der Waals surface area contributed by atoms with Gasteiger partial charge >= 0.3 is 0 Å². The van der Waals surface area contributed by atoms with E-state index in [9.17, 15) is 10.1 Å². The number of morpholine rings is 1. The summed E-state index contributed by atoms with van der Waals surface area (Å²) in [4.78, 5) is 26.9. The molecule has 4 rings (SSSR count). The van der Waals surface area contributed by atoms with Gasteiger partial charge in [-0.25, -0.2) is 15.0 Å². The molecule has 1 saturated heterocycles. The van der Waals surface area contributed by atoms with E-state index in [1.807, 2.05) is 24.6 Å². The summed E-state index contributed by atoms with van der Waals surface area (Å²) in [7, 11) is 1.90. The van der Waals surface area contributed by atoms with E-state index in [2.05, 4.69) is 14.9 Å². The Hall–Kier alpha value is -2.76. The molecule has 1 unspecified atom stereocenters. The largest absolute Gasteiger partial charge is 0.351 e. The number of rotatable bonds is 7. The minimum Gasteiger partial charge on any atom is -0.351 e. The lowest BCUT2D eigenvalue weighted by Crippen LogP contribution is -2.44. The molecule has 31 heavy (non-hydrogen) atoms. The Morgan fingerprint density at radius 1 is 1.39 bits per heavy atom. The first-order valence-corrected chi connectivity index (χ1v) is 11.0. The molecular formula is C20H24N6O4S. The van der Waals surface area contributed by atoms with E-state index < -0.39 is 0 Å². The van der Waals surface area contributed by atoms with Gasteiger partial charge in [-0.15, -0.1) is 0 Å². The summed E-state index contributed by atoms with van der Waals surface area (Å²) in [6.07, 6.45) is 1.41. The summed E-state index contributed by atoms with van der Waals surface area (Å²) >= 11 is 1.44. The van der Waals surface area contributed by atoms with Crippen LogP contribution in [-0.2, 0) is 22.3 Å². The number of nitro benzene ring substituents is 1. The molecule has 164 valence electrons. The Balaban J connectivity index is 1.61. The van der Waals surface area contributed by atoms with E-state index in [0.717, 1.165) is 22.5 Å². The summed E-state index contributed by atoms with van der Waals surface area (Å²) in [6.45, 7) is 6.03. The Morgan fingerprint density at radius 3 is 3.00 bits per heavy atom. The van der Waals surface area contributed by atoms with Gasteiger partial charge in [0.1, 0.15) is 0 Å². The molecule has 0 spiro atoms. The summed E-state index contributed by atoms with van der Waals surface area (Å²) in [5, 5.41) is 11.8. The molecule has 1 aliphatic rings. The summed E-state index contributed by atoms with van der Waals surface area (Å²) in [5.41, 5.74) is 3.08. The quantitative estimate of drug-likeness (QED) is 0.235. The van der Waals surface area contributed by atoms with Gasteiger partial charge in [0.05, 0.1) is 24.4 Å². The highest BCUT2D eigenvalue weighted by atomic mass is 32.2. The number of imidazole rings is 1. The van der Waals surface area contributed by atoms with Crippen molar-refractivity contribution in [1.82, 2.24) is 19.5 Å². The molecule has 10 nitrogen and oxygen atoms in total. The first kappa shape index (κ1) is 21.5. The number of benzene rings is 1. The van der Waals surface area contributed by atoms with Crippen LogP contribution in [0.5, 0.6) is 0 Å². The molecule has 0 radical (unpaired) electrons. The van der Waals surface area contributed by atoms with Gasteiger partial charge in [-0.05, 0) is 19.4 Å². The number of anilines is 1. The SMILES string of the molecule is CCOC1CN(c2nc(SCc3ccc(C)c([N+](=O)[O-])c3)nc3c2ncn3C)CCO1. The Kier molecular flexibility index (Phi) is 6.35. The smallest absolute Gasteiger partial charge is 0.272 e. The van der Waals surface area contributed by atoms with Crippen LogP contribution in [0.4, 0.5) is 11.5 Å². The number of ether oxygens (including phenoxy) is 2. The predicted molar refractivity (Wildman–Crippen MR) is 117 cm³/mol. The fraction of sp³-hybridized carbons (Fsp3) is 0.450. The Bertz CT molecular complexity index is 1100. The third-order valence-corrected chi connectivity index (χ3v) is 5.96. The number of nitrogens with zero attached hydrogens (tertiary/aromatic N) is 6. The maximum Gasteiger partial charge on any atom is 0.272 e. The van der Waals surface area contributed by atoms with Crippen molar-refractivity contribution in [3.05, 3.63) is 45.8 Å². The maximum atomic E-state index is 11.2. The standard InChI is InChI=1S/C20H24N6O4S/c1-4-29-16-10-25(7-8-30-16)19-17-18(24(3)12-21-17)22-20(23-19)31-11-14-6-5-13(2)15(9-14)26(27)28/h5-6,9,12,16H,4,7-8,10-11H2,1-3H3. The first-order valence-electron chi connectivity index (χ1n) is 10.00. The fourth-order valence-corrected chi connectivity index (χ4v) is 4.22. The molecular weight excluding hydrogens is 420 g/mol. The molecule has 3 aromatic rings. The lowest BCUT2D eigenvalue weighted by Gasteiger charge is -2.33. The number of nitro groups is 1. The monoisotopic (exact) mass is 444 g/mol. The predicted octanol–water partition coefficient (Wildman–Crippen LogP) is 3.07. The third kappa shape index (κ3) is 4.63. The second-order valence-corrected chi connectivity index (χ2v) is 8.17. The molecule has 1 aromatic carbocycles. The maximum absolute atomic E-state index is 11.2. The van der Waals surface area contributed by atoms with Gasteiger partial charge in [0.25, 0.3) is 5.69 Å². The molecule has 11 heteroatoms. The van der Waals surface area contributed by atoms with E-state index >= 15 is 0 Å². The molecule has 0 bridgehead atoms. The van der Waals surface area contributed by atoms with Crippen molar-refractivity contribution in [2.24, 2.45) is 7.05 Å². The second-order valence-electron chi connectivity index (χ2n) is 7.23. The lowest BCUT2D eigenvalue weighted by molar-refractivity contribution is -0.385. The zero-order valence-corrected chi connectivity index (χ0v) is 18.5. The Labute approximate surface area is 183 Å². The van der Waals surface area contributed by atoms with Crippen LogP contribution in [0.3, 0.4) is 0 Å². The molecule has 2 aromatic heterocycles. The number of fused-ring (bicyclic) bond motifs is 1. The van der Waals surface area contributed by atoms with Crippen LogP contribution in [0.2, 0.25) is 0 Å². The van der Waals surface area contributed by atoms with Gasteiger partial charge < -0.3 is 18.9 Å². The molecule has 1 fully saturated rings. The molecule has 1 atom stereocenters. The van der Waals surface area contributed by atoms with Gasteiger partial charge in [-0.1, -0.05) is 23.9 Å². The van der Waals surface area contributed by atoms with Crippen LogP contribution < -0.4 is 4.90 Å². The van der Waals surface area contributed by atoms with Gasteiger partial charge in [0.2, 0.25) is 0 Å². The molecule has 0 aliphatic carbocycles. The summed E-state index contributed by atoms with van der Waals surface area (Å²) < 4.78 is 13.2. The normalized spacial score (nSPS) is 16.7.